The Labute approximate surface area is 230 Å². The number of carbonyl (C=O) groups excluding carboxylic acids is 1. The summed E-state index contributed by atoms with van der Waals surface area (Å²) >= 11 is 0. The standard InChI is InChI=1S/C27H33F3N8O2/c1-31-15-19-17-37(14-13-36(19)2)25-21(7-8-23(24(25)27(28,29)30)40-20-5-3-4-6-20)34-26(39)22-10-12-38(35-22)18-9-11-32-33-16-18/h7-12,16,19-20,31H,3-6,13-15,17H2,1-2H3,(H,34,39)/t19-/m0/s1. The molecule has 3 heterocycles. The molecule has 40 heavy (non-hydrogen) atoms. The molecule has 0 spiro atoms. The number of alkyl halides is 3. The molecule has 1 amide bonds. The van der Waals surface area contributed by atoms with Crippen LogP contribution >= 0.6 is 0 Å². The molecule has 2 N–H and O–H groups in total. The summed E-state index contributed by atoms with van der Waals surface area (Å²) in [6, 6.07) is 5.97. The molecule has 1 saturated carbocycles. The quantitative estimate of drug-likeness (QED) is 0.433. The Morgan fingerprint density at radius 3 is 2.62 bits per heavy atom. The van der Waals surface area contributed by atoms with Crippen molar-refractivity contribution in [1.82, 2.24) is 30.2 Å². The number of nitrogens with zero attached hydrogens (tertiary/aromatic N) is 6. The molecule has 3 aromatic rings. The summed E-state index contributed by atoms with van der Waals surface area (Å²) < 4.78 is 51.9. The number of piperazine rings is 1. The molecule has 2 aliphatic rings. The van der Waals surface area contributed by atoms with Crippen molar-refractivity contribution < 1.29 is 22.7 Å². The van der Waals surface area contributed by atoms with E-state index in [4.69, 9.17) is 4.74 Å². The van der Waals surface area contributed by atoms with Gasteiger partial charge in [0, 0.05) is 38.4 Å². The van der Waals surface area contributed by atoms with Crippen molar-refractivity contribution in [3.05, 3.63) is 54.1 Å². The van der Waals surface area contributed by atoms with E-state index in [0.717, 1.165) is 25.7 Å². The van der Waals surface area contributed by atoms with Crippen LogP contribution in [0.1, 0.15) is 41.7 Å². The molecule has 214 valence electrons. The highest BCUT2D eigenvalue weighted by atomic mass is 19.4. The van der Waals surface area contributed by atoms with Crippen LogP contribution in [0.4, 0.5) is 24.5 Å². The highest BCUT2D eigenvalue weighted by Crippen LogP contribution is 2.48. The fourth-order valence-corrected chi connectivity index (χ4v) is 5.36. The maximum atomic E-state index is 14.8. The van der Waals surface area contributed by atoms with Gasteiger partial charge in [-0.2, -0.15) is 28.5 Å². The van der Waals surface area contributed by atoms with E-state index in [1.807, 2.05) is 14.1 Å². The number of benzene rings is 1. The lowest BCUT2D eigenvalue weighted by molar-refractivity contribution is -0.138. The predicted molar refractivity (Wildman–Crippen MR) is 144 cm³/mol. The van der Waals surface area contributed by atoms with Gasteiger partial charge in [0.05, 0.1) is 35.6 Å². The topological polar surface area (TPSA) is 100 Å². The molecule has 0 bridgehead atoms. The molecule has 10 nitrogen and oxygen atoms in total. The second-order valence-electron chi connectivity index (χ2n) is 10.2. The number of anilines is 2. The summed E-state index contributed by atoms with van der Waals surface area (Å²) in [4.78, 5) is 17.1. The third-order valence-electron chi connectivity index (χ3n) is 7.46. The van der Waals surface area contributed by atoms with Gasteiger partial charge < -0.3 is 20.3 Å². The van der Waals surface area contributed by atoms with Gasteiger partial charge in [-0.1, -0.05) is 0 Å². The summed E-state index contributed by atoms with van der Waals surface area (Å²) in [6.45, 7) is 1.88. The van der Waals surface area contributed by atoms with Crippen molar-refractivity contribution in [2.24, 2.45) is 0 Å². The third-order valence-corrected chi connectivity index (χ3v) is 7.46. The van der Waals surface area contributed by atoms with Crippen LogP contribution in [0, 0.1) is 0 Å². The molecule has 1 aromatic carbocycles. The lowest BCUT2D eigenvalue weighted by atomic mass is 10.0. The number of hydrogen-bond acceptors (Lipinski definition) is 8. The SMILES string of the molecule is CNC[C@H]1CN(c2c(NC(=O)c3ccn(-c4ccnnc4)n3)ccc(OC3CCCC3)c2C(F)(F)F)CCN1C. The van der Waals surface area contributed by atoms with Gasteiger partial charge in [0.2, 0.25) is 0 Å². The average molecular weight is 559 g/mol. The van der Waals surface area contributed by atoms with Crippen LogP contribution in [-0.2, 0) is 6.18 Å². The molecule has 13 heteroatoms. The summed E-state index contributed by atoms with van der Waals surface area (Å²) in [7, 11) is 3.78. The zero-order chi connectivity index (χ0) is 28.3. The highest BCUT2D eigenvalue weighted by molar-refractivity contribution is 6.05. The zero-order valence-corrected chi connectivity index (χ0v) is 22.5. The Bertz CT molecular complexity index is 1310. The highest BCUT2D eigenvalue weighted by Gasteiger charge is 2.42. The predicted octanol–water partition coefficient (Wildman–Crippen LogP) is 3.59. The van der Waals surface area contributed by atoms with Gasteiger partial charge in [-0.3, -0.25) is 9.69 Å². The van der Waals surface area contributed by atoms with Crippen LogP contribution in [0.25, 0.3) is 5.69 Å². The van der Waals surface area contributed by atoms with Crippen molar-refractivity contribution in [2.75, 3.05) is 50.5 Å². The molecule has 1 aliphatic heterocycles. The largest absolute Gasteiger partial charge is 0.490 e. The van der Waals surface area contributed by atoms with Gasteiger partial charge in [-0.15, -0.1) is 0 Å². The zero-order valence-electron chi connectivity index (χ0n) is 22.5. The Balaban J connectivity index is 1.52. The van der Waals surface area contributed by atoms with Crippen LogP contribution in [0.2, 0.25) is 0 Å². The van der Waals surface area contributed by atoms with Crippen LogP contribution in [0.15, 0.2) is 42.9 Å². The molecule has 2 aromatic heterocycles. The Morgan fingerprint density at radius 1 is 1.12 bits per heavy atom. The summed E-state index contributed by atoms with van der Waals surface area (Å²) in [6.07, 6.45) is 2.90. The van der Waals surface area contributed by atoms with Gasteiger partial charge in [0.15, 0.2) is 5.69 Å². The van der Waals surface area contributed by atoms with Crippen LogP contribution < -0.4 is 20.3 Å². The lowest BCUT2D eigenvalue weighted by Gasteiger charge is -2.42. The number of carbonyl (C=O) groups is 1. The van der Waals surface area contributed by atoms with Crippen molar-refractivity contribution in [3.63, 3.8) is 0 Å². The summed E-state index contributed by atoms with van der Waals surface area (Å²) in [5.74, 6) is -0.827. The van der Waals surface area contributed by atoms with E-state index in [1.165, 1.54) is 35.3 Å². The second kappa shape index (κ2) is 11.8. The van der Waals surface area contributed by atoms with Crippen LogP contribution in [-0.4, -0.2) is 83.2 Å². The smallest absolute Gasteiger partial charge is 0.422 e. The number of halogens is 3. The van der Waals surface area contributed by atoms with E-state index in [-0.39, 0.29) is 35.0 Å². The van der Waals surface area contributed by atoms with Crippen molar-refractivity contribution in [2.45, 2.75) is 44.0 Å². The number of aromatic nitrogens is 4. The Kier molecular flexibility index (Phi) is 8.22. The number of rotatable bonds is 8. The maximum Gasteiger partial charge on any atom is 0.422 e. The Morgan fingerprint density at radius 2 is 1.93 bits per heavy atom. The Hall–Kier alpha value is -3.71. The minimum Gasteiger partial charge on any atom is -0.490 e. The molecular weight excluding hydrogens is 525 g/mol. The second-order valence-corrected chi connectivity index (χ2v) is 10.2. The normalized spacial score (nSPS) is 18.7. The van der Waals surface area contributed by atoms with Crippen LogP contribution in [0.5, 0.6) is 5.75 Å². The number of nitrogens with one attached hydrogen (secondary N) is 2. The number of amides is 1. The minimum atomic E-state index is -4.71. The van der Waals surface area contributed by atoms with E-state index in [0.29, 0.717) is 31.9 Å². The molecule has 1 atom stereocenters. The van der Waals surface area contributed by atoms with Gasteiger partial charge in [0.1, 0.15) is 11.3 Å². The minimum absolute atomic E-state index is 0.0209. The van der Waals surface area contributed by atoms with E-state index in [9.17, 15) is 18.0 Å². The van der Waals surface area contributed by atoms with Crippen LogP contribution in [0.3, 0.4) is 0 Å². The molecular formula is C27H33F3N8O2. The monoisotopic (exact) mass is 558 g/mol. The molecule has 2 fully saturated rings. The van der Waals surface area contributed by atoms with E-state index in [1.54, 1.807) is 17.2 Å². The van der Waals surface area contributed by atoms with Gasteiger partial charge >= 0.3 is 6.18 Å². The summed E-state index contributed by atoms with van der Waals surface area (Å²) in [5, 5.41) is 17.7. The maximum absolute atomic E-state index is 14.8. The molecule has 5 rings (SSSR count). The first kappa shape index (κ1) is 27.8. The number of likely N-dealkylation sites (N-methyl/N-ethyl adjacent to an activating group) is 2. The molecule has 1 aliphatic carbocycles. The van der Waals surface area contributed by atoms with Gasteiger partial charge in [0.25, 0.3) is 5.91 Å². The molecule has 1 saturated heterocycles. The average Bonchev–Trinajstić information content (AvgIpc) is 3.63. The van der Waals surface area contributed by atoms with Gasteiger partial charge in [-0.25, -0.2) is 4.68 Å². The first-order chi connectivity index (χ1) is 19.2. The first-order valence-electron chi connectivity index (χ1n) is 13.4. The van der Waals surface area contributed by atoms with Crippen molar-refractivity contribution in [1.29, 1.82) is 0 Å². The lowest BCUT2D eigenvalue weighted by Crippen LogP contribution is -2.55. The van der Waals surface area contributed by atoms with Crippen molar-refractivity contribution >= 4 is 17.3 Å². The fraction of sp³-hybridized carbons (Fsp3) is 0.481. The molecule has 0 unspecified atom stereocenters. The van der Waals surface area contributed by atoms with Crippen molar-refractivity contribution in [3.8, 4) is 11.4 Å². The third kappa shape index (κ3) is 6.04. The molecule has 0 radical (unpaired) electrons. The number of hydrogen-bond donors (Lipinski definition) is 2. The number of ether oxygens (including phenoxy) is 1. The van der Waals surface area contributed by atoms with E-state index in [2.05, 4.69) is 30.8 Å². The van der Waals surface area contributed by atoms with E-state index >= 15 is 0 Å². The first-order valence-corrected chi connectivity index (χ1v) is 13.4. The fourth-order valence-electron chi connectivity index (χ4n) is 5.36. The van der Waals surface area contributed by atoms with E-state index < -0.39 is 17.6 Å². The summed E-state index contributed by atoms with van der Waals surface area (Å²) in [5.41, 5.74) is -0.241. The van der Waals surface area contributed by atoms with Gasteiger partial charge in [-0.05, 0) is 64.0 Å².